The molecule has 1 saturated heterocycles. The summed E-state index contributed by atoms with van der Waals surface area (Å²) >= 11 is 3.35. The first-order valence-corrected chi connectivity index (χ1v) is 9.28. The summed E-state index contributed by atoms with van der Waals surface area (Å²) in [6.07, 6.45) is 1.77. The fourth-order valence-corrected chi connectivity index (χ4v) is 3.72. The van der Waals surface area contributed by atoms with Gasteiger partial charge in [0.25, 0.3) is 0 Å². The Morgan fingerprint density at radius 3 is 2.40 bits per heavy atom. The molecular weight excluding hydrogens is 342 g/mol. The average molecular weight is 362 g/mol. The van der Waals surface area contributed by atoms with E-state index in [1.54, 1.807) is 12.1 Å². The number of benzene rings is 1. The van der Waals surface area contributed by atoms with E-state index in [4.69, 9.17) is 4.74 Å². The van der Waals surface area contributed by atoms with E-state index in [1.807, 2.05) is 12.1 Å². The largest absolute Gasteiger partial charge is 0.381 e. The van der Waals surface area contributed by atoms with Crippen LogP contribution in [0.3, 0.4) is 0 Å². The third kappa shape index (κ3) is 4.04. The van der Waals surface area contributed by atoms with Crippen LogP contribution in [-0.2, 0) is 20.1 Å². The molecule has 4 nitrogen and oxygen atoms in total. The van der Waals surface area contributed by atoms with Crippen LogP contribution in [0, 0.1) is 5.41 Å². The van der Waals surface area contributed by atoms with Crippen molar-refractivity contribution in [1.29, 1.82) is 0 Å². The van der Waals surface area contributed by atoms with Gasteiger partial charge in [0, 0.05) is 25.1 Å². The van der Waals surface area contributed by atoms with Gasteiger partial charge in [0.15, 0.2) is 0 Å². The molecule has 1 fully saturated rings. The van der Waals surface area contributed by atoms with E-state index in [-0.39, 0.29) is 5.41 Å². The number of hydrogen-bond acceptors (Lipinski definition) is 3. The van der Waals surface area contributed by atoms with Crippen LogP contribution in [0.4, 0.5) is 0 Å². The fraction of sp³-hybridized carbons (Fsp3) is 0.571. The molecule has 1 aromatic carbocycles. The van der Waals surface area contributed by atoms with E-state index < -0.39 is 10.0 Å². The van der Waals surface area contributed by atoms with Crippen LogP contribution in [-0.4, -0.2) is 28.2 Å². The number of rotatable bonds is 5. The zero-order valence-electron chi connectivity index (χ0n) is 11.6. The van der Waals surface area contributed by atoms with Crippen molar-refractivity contribution < 1.29 is 13.2 Å². The Labute approximate surface area is 129 Å². The molecule has 0 radical (unpaired) electrons. The molecule has 0 unspecified atom stereocenters. The number of nitrogens with one attached hydrogen (secondary N) is 1. The Morgan fingerprint density at radius 1 is 1.25 bits per heavy atom. The van der Waals surface area contributed by atoms with E-state index >= 15 is 0 Å². The third-order valence-electron chi connectivity index (χ3n) is 3.78. The van der Waals surface area contributed by atoms with Gasteiger partial charge in [-0.1, -0.05) is 35.0 Å². The normalized spacial score (nSPS) is 18.9. The van der Waals surface area contributed by atoms with Gasteiger partial charge < -0.3 is 4.74 Å². The Hall–Kier alpha value is -0.430. The van der Waals surface area contributed by atoms with Crippen LogP contribution in [0.15, 0.2) is 29.2 Å². The highest BCUT2D eigenvalue weighted by Gasteiger charge is 2.29. The molecule has 0 bridgehead atoms. The first-order valence-electron chi connectivity index (χ1n) is 6.68. The summed E-state index contributed by atoms with van der Waals surface area (Å²) in [7, 11) is -3.43. The van der Waals surface area contributed by atoms with Gasteiger partial charge in [-0.15, -0.1) is 0 Å². The van der Waals surface area contributed by atoms with Crippen molar-refractivity contribution in [2.45, 2.75) is 30.0 Å². The first-order chi connectivity index (χ1) is 9.45. The maximum atomic E-state index is 12.3. The van der Waals surface area contributed by atoms with Crippen LogP contribution in [0.5, 0.6) is 0 Å². The summed E-state index contributed by atoms with van der Waals surface area (Å²) in [4.78, 5) is 0.317. The van der Waals surface area contributed by atoms with Crippen molar-refractivity contribution >= 4 is 26.0 Å². The molecule has 1 aliphatic heterocycles. The van der Waals surface area contributed by atoms with Gasteiger partial charge in [0.2, 0.25) is 10.0 Å². The van der Waals surface area contributed by atoms with Crippen LogP contribution in [0.2, 0.25) is 0 Å². The van der Waals surface area contributed by atoms with E-state index in [9.17, 15) is 8.42 Å². The van der Waals surface area contributed by atoms with E-state index in [1.165, 1.54) is 0 Å². The Kier molecular flexibility index (Phi) is 5.23. The van der Waals surface area contributed by atoms with Gasteiger partial charge in [-0.25, -0.2) is 13.1 Å². The first kappa shape index (κ1) is 15.9. The van der Waals surface area contributed by atoms with Crippen molar-refractivity contribution in [1.82, 2.24) is 4.72 Å². The number of alkyl halides is 1. The summed E-state index contributed by atoms with van der Waals surface area (Å²) < 4.78 is 32.6. The third-order valence-corrected chi connectivity index (χ3v) is 5.84. The summed E-state index contributed by atoms with van der Waals surface area (Å²) in [5, 5.41) is 0.721. The van der Waals surface area contributed by atoms with Crippen LogP contribution in [0.1, 0.15) is 25.3 Å². The topological polar surface area (TPSA) is 55.4 Å². The molecule has 1 heterocycles. The molecule has 20 heavy (non-hydrogen) atoms. The standard InChI is InChI=1S/C14H20BrNO3S/c1-14(6-8-19-9-7-14)11-16-20(17,18)13-4-2-12(10-15)3-5-13/h2-5,16H,6-11H2,1H3. The van der Waals surface area contributed by atoms with Crippen molar-refractivity contribution in [3.05, 3.63) is 29.8 Å². The second-order valence-electron chi connectivity index (χ2n) is 5.53. The zero-order valence-corrected chi connectivity index (χ0v) is 14.0. The fourth-order valence-electron chi connectivity index (χ4n) is 2.15. The molecule has 0 saturated carbocycles. The summed E-state index contributed by atoms with van der Waals surface area (Å²) in [6.45, 7) is 3.97. The second kappa shape index (κ2) is 6.56. The molecule has 0 atom stereocenters. The molecule has 0 aromatic heterocycles. The van der Waals surface area contributed by atoms with Gasteiger partial charge in [0.1, 0.15) is 0 Å². The molecule has 0 amide bonds. The number of hydrogen-bond donors (Lipinski definition) is 1. The van der Waals surface area contributed by atoms with Gasteiger partial charge in [-0.05, 0) is 36.0 Å². The maximum absolute atomic E-state index is 12.3. The Morgan fingerprint density at radius 2 is 1.85 bits per heavy atom. The molecule has 2 rings (SSSR count). The monoisotopic (exact) mass is 361 g/mol. The lowest BCUT2D eigenvalue weighted by Crippen LogP contribution is -2.39. The predicted octanol–water partition coefficient (Wildman–Crippen LogP) is 2.68. The van der Waals surface area contributed by atoms with Crippen LogP contribution >= 0.6 is 15.9 Å². The van der Waals surface area contributed by atoms with Crippen LogP contribution < -0.4 is 4.72 Å². The second-order valence-corrected chi connectivity index (χ2v) is 7.85. The lowest BCUT2D eigenvalue weighted by molar-refractivity contribution is 0.0265. The average Bonchev–Trinajstić information content (AvgIpc) is 2.46. The smallest absolute Gasteiger partial charge is 0.240 e. The molecule has 0 aliphatic carbocycles. The van der Waals surface area contributed by atoms with Crippen LogP contribution in [0.25, 0.3) is 0 Å². The summed E-state index contributed by atoms with van der Waals surface area (Å²) in [5.74, 6) is 0. The highest BCUT2D eigenvalue weighted by molar-refractivity contribution is 9.08. The lowest BCUT2D eigenvalue weighted by atomic mass is 9.83. The maximum Gasteiger partial charge on any atom is 0.240 e. The van der Waals surface area contributed by atoms with Gasteiger partial charge in [-0.2, -0.15) is 0 Å². The quantitative estimate of drug-likeness (QED) is 0.820. The molecule has 1 aromatic rings. The van der Waals surface area contributed by atoms with Crippen molar-refractivity contribution in [2.75, 3.05) is 19.8 Å². The summed E-state index contributed by atoms with van der Waals surface area (Å²) in [5.41, 5.74) is 1.04. The number of ether oxygens (including phenoxy) is 1. The minimum absolute atomic E-state index is 0.0128. The Balaban J connectivity index is 2.02. The lowest BCUT2D eigenvalue weighted by Gasteiger charge is -2.33. The van der Waals surface area contributed by atoms with Gasteiger partial charge in [0.05, 0.1) is 4.90 Å². The molecular formula is C14H20BrNO3S. The zero-order chi connectivity index (χ0) is 14.6. The molecule has 0 spiro atoms. The molecule has 1 N–H and O–H groups in total. The minimum atomic E-state index is -3.43. The van der Waals surface area contributed by atoms with Crippen molar-refractivity contribution in [2.24, 2.45) is 5.41 Å². The highest BCUT2D eigenvalue weighted by atomic mass is 79.9. The predicted molar refractivity (Wildman–Crippen MR) is 82.4 cm³/mol. The highest BCUT2D eigenvalue weighted by Crippen LogP contribution is 2.29. The molecule has 6 heteroatoms. The van der Waals surface area contributed by atoms with Gasteiger partial charge in [-0.3, -0.25) is 0 Å². The van der Waals surface area contributed by atoms with Gasteiger partial charge >= 0.3 is 0 Å². The number of halogens is 1. The molecule has 112 valence electrons. The SMILES string of the molecule is CC1(CNS(=O)(=O)c2ccc(CBr)cc2)CCOCC1. The van der Waals surface area contributed by atoms with E-state index in [0.29, 0.717) is 24.7 Å². The van der Waals surface area contributed by atoms with E-state index in [2.05, 4.69) is 27.6 Å². The van der Waals surface area contributed by atoms with Crippen molar-refractivity contribution in [3.63, 3.8) is 0 Å². The summed E-state index contributed by atoms with van der Waals surface area (Å²) in [6, 6.07) is 6.93. The number of sulfonamides is 1. The Bertz CT molecular complexity index is 536. The van der Waals surface area contributed by atoms with Crippen molar-refractivity contribution in [3.8, 4) is 0 Å². The minimum Gasteiger partial charge on any atom is -0.381 e. The molecule has 1 aliphatic rings. The van der Waals surface area contributed by atoms with E-state index in [0.717, 1.165) is 23.7 Å².